The SMILES string of the molecule is COc1ccc(CN(C)CC(C)(C)O)cc1OCC(C)C. The van der Waals surface area contributed by atoms with E-state index >= 15 is 0 Å². The van der Waals surface area contributed by atoms with Gasteiger partial charge in [0, 0.05) is 13.1 Å². The summed E-state index contributed by atoms with van der Waals surface area (Å²) in [6.45, 7) is 9.90. The molecule has 1 aromatic rings. The number of rotatable bonds is 8. The maximum absolute atomic E-state index is 9.86. The van der Waals surface area contributed by atoms with Crippen LogP contribution in [-0.2, 0) is 6.54 Å². The number of aliphatic hydroxyl groups is 1. The summed E-state index contributed by atoms with van der Waals surface area (Å²) in [4.78, 5) is 2.09. The molecular formula is C17H29NO3. The zero-order valence-electron chi connectivity index (χ0n) is 14.1. The van der Waals surface area contributed by atoms with Crippen LogP contribution in [-0.4, -0.2) is 42.9 Å². The Labute approximate surface area is 128 Å². The van der Waals surface area contributed by atoms with Crippen LogP contribution in [0.25, 0.3) is 0 Å². The van der Waals surface area contributed by atoms with Gasteiger partial charge in [-0.25, -0.2) is 0 Å². The number of methoxy groups -OCH3 is 1. The number of hydrogen-bond donors (Lipinski definition) is 1. The third-order valence-electron chi connectivity index (χ3n) is 2.91. The first-order valence-electron chi connectivity index (χ1n) is 7.42. The van der Waals surface area contributed by atoms with Crippen molar-refractivity contribution in [2.75, 3.05) is 27.3 Å². The van der Waals surface area contributed by atoms with E-state index in [2.05, 4.69) is 18.7 Å². The van der Waals surface area contributed by atoms with Crippen molar-refractivity contribution in [3.8, 4) is 11.5 Å². The summed E-state index contributed by atoms with van der Waals surface area (Å²) in [6, 6.07) is 5.98. The molecule has 1 aromatic carbocycles. The molecule has 0 heterocycles. The number of nitrogens with zero attached hydrogens (tertiary/aromatic N) is 1. The van der Waals surface area contributed by atoms with E-state index in [0.29, 0.717) is 19.1 Å². The molecule has 0 radical (unpaired) electrons. The Morgan fingerprint density at radius 1 is 1.24 bits per heavy atom. The summed E-state index contributed by atoms with van der Waals surface area (Å²) in [5.74, 6) is 2.00. The molecule has 0 spiro atoms. The van der Waals surface area contributed by atoms with Crippen LogP contribution in [0.15, 0.2) is 18.2 Å². The van der Waals surface area contributed by atoms with Crippen molar-refractivity contribution in [2.45, 2.75) is 39.8 Å². The van der Waals surface area contributed by atoms with Crippen LogP contribution < -0.4 is 9.47 Å². The van der Waals surface area contributed by atoms with E-state index in [4.69, 9.17) is 9.47 Å². The van der Waals surface area contributed by atoms with E-state index in [1.807, 2.05) is 39.1 Å². The van der Waals surface area contributed by atoms with Crippen molar-refractivity contribution in [3.63, 3.8) is 0 Å². The van der Waals surface area contributed by atoms with Gasteiger partial charge in [0.15, 0.2) is 11.5 Å². The van der Waals surface area contributed by atoms with Crippen LogP contribution in [0.4, 0.5) is 0 Å². The first kappa shape index (κ1) is 17.8. The molecule has 21 heavy (non-hydrogen) atoms. The third kappa shape index (κ3) is 6.82. The molecule has 0 unspecified atom stereocenters. The molecule has 0 fully saturated rings. The summed E-state index contributed by atoms with van der Waals surface area (Å²) >= 11 is 0. The Morgan fingerprint density at radius 3 is 2.43 bits per heavy atom. The molecule has 0 saturated heterocycles. The van der Waals surface area contributed by atoms with Gasteiger partial charge in [0.1, 0.15) is 0 Å². The summed E-state index contributed by atoms with van der Waals surface area (Å²) in [7, 11) is 3.65. The van der Waals surface area contributed by atoms with Crippen LogP contribution in [0.3, 0.4) is 0 Å². The van der Waals surface area contributed by atoms with Gasteiger partial charge in [-0.3, -0.25) is 4.90 Å². The Morgan fingerprint density at radius 2 is 1.90 bits per heavy atom. The van der Waals surface area contributed by atoms with Gasteiger partial charge in [0.25, 0.3) is 0 Å². The smallest absolute Gasteiger partial charge is 0.161 e. The van der Waals surface area contributed by atoms with Crippen molar-refractivity contribution >= 4 is 0 Å². The molecule has 0 saturated carbocycles. The molecule has 0 aliphatic carbocycles. The van der Waals surface area contributed by atoms with Gasteiger partial charge in [-0.1, -0.05) is 19.9 Å². The normalized spacial score (nSPS) is 12.0. The molecule has 4 nitrogen and oxygen atoms in total. The molecule has 1 rings (SSSR count). The Balaban J connectivity index is 2.77. The van der Waals surface area contributed by atoms with E-state index in [1.54, 1.807) is 7.11 Å². The van der Waals surface area contributed by atoms with Crippen molar-refractivity contribution in [2.24, 2.45) is 5.92 Å². The lowest BCUT2D eigenvalue weighted by Gasteiger charge is -2.25. The zero-order chi connectivity index (χ0) is 16.0. The summed E-state index contributed by atoms with van der Waals surface area (Å²) in [5, 5.41) is 9.86. The summed E-state index contributed by atoms with van der Waals surface area (Å²) in [5.41, 5.74) is 0.444. The number of ether oxygens (including phenoxy) is 2. The molecule has 1 N–H and O–H groups in total. The van der Waals surface area contributed by atoms with Gasteiger partial charge < -0.3 is 14.6 Å². The number of benzene rings is 1. The maximum Gasteiger partial charge on any atom is 0.161 e. The van der Waals surface area contributed by atoms with Gasteiger partial charge in [0.05, 0.1) is 19.3 Å². The fourth-order valence-corrected chi connectivity index (χ4v) is 2.22. The van der Waals surface area contributed by atoms with Gasteiger partial charge in [-0.15, -0.1) is 0 Å². The predicted octanol–water partition coefficient (Wildman–Crippen LogP) is 2.93. The van der Waals surface area contributed by atoms with Crippen molar-refractivity contribution in [3.05, 3.63) is 23.8 Å². The van der Waals surface area contributed by atoms with Crippen molar-refractivity contribution in [1.29, 1.82) is 0 Å². The van der Waals surface area contributed by atoms with E-state index in [1.165, 1.54) is 0 Å². The highest BCUT2D eigenvalue weighted by molar-refractivity contribution is 5.43. The Kier molecular flexibility index (Phi) is 6.49. The minimum Gasteiger partial charge on any atom is -0.493 e. The van der Waals surface area contributed by atoms with Crippen molar-refractivity contribution < 1.29 is 14.6 Å². The molecule has 0 atom stereocenters. The first-order valence-corrected chi connectivity index (χ1v) is 7.42. The highest BCUT2D eigenvalue weighted by Crippen LogP contribution is 2.29. The molecule has 0 aromatic heterocycles. The third-order valence-corrected chi connectivity index (χ3v) is 2.91. The maximum atomic E-state index is 9.86. The molecule has 4 heteroatoms. The van der Waals surface area contributed by atoms with E-state index in [-0.39, 0.29) is 0 Å². The minimum absolute atomic E-state index is 0.469. The lowest BCUT2D eigenvalue weighted by molar-refractivity contribution is 0.0424. The molecule has 0 bridgehead atoms. The molecular weight excluding hydrogens is 266 g/mol. The van der Waals surface area contributed by atoms with Crippen molar-refractivity contribution in [1.82, 2.24) is 4.90 Å². The molecule has 120 valence electrons. The average molecular weight is 295 g/mol. The fourth-order valence-electron chi connectivity index (χ4n) is 2.22. The largest absolute Gasteiger partial charge is 0.493 e. The summed E-state index contributed by atoms with van der Waals surface area (Å²) in [6.07, 6.45) is 0. The topological polar surface area (TPSA) is 41.9 Å². The zero-order valence-corrected chi connectivity index (χ0v) is 14.1. The van der Waals surface area contributed by atoms with Crippen LogP contribution in [0, 0.1) is 5.92 Å². The lowest BCUT2D eigenvalue weighted by Crippen LogP contribution is -2.35. The average Bonchev–Trinajstić information content (AvgIpc) is 2.34. The molecule has 0 amide bonds. The highest BCUT2D eigenvalue weighted by atomic mass is 16.5. The van der Waals surface area contributed by atoms with Crippen LogP contribution >= 0.6 is 0 Å². The lowest BCUT2D eigenvalue weighted by atomic mass is 10.1. The van der Waals surface area contributed by atoms with Crippen LogP contribution in [0.2, 0.25) is 0 Å². The Hall–Kier alpha value is -1.26. The fraction of sp³-hybridized carbons (Fsp3) is 0.647. The van der Waals surface area contributed by atoms with Gasteiger partial charge in [-0.05, 0) is 44.5 Å². The quantitative estimate of drug-likeness (QED) is 0.800. The second-order valence-corrected chi connectivity index (χ2v) is 6.67. The summed E-state index contributed by atoms with van der Waals surface area (Å²) < 4.78 is 11.2. The first-order chi connectivity index (χ1) is 9.71. The number of likely N-dealkylation sites (N-methyl/N-ethyl adjacent to an activating group) is 1. The monoisotopic (exact) mass is 295 g/mol. The van der Waals surface area contributed by atoms with Crippen LogP contribution in [0.1, 0.15) is 33.3 Å². The number of hydrogen-bond acceptors (Lipinski definition) is 4. The molecule has 0 aliphatic rings. The minimum atomic E-state index is -0.696. The Bertz CT molecular complexity index is 438. The van der Waals surface area contributed by atoms with E-state index in [9.17, 15) is 5.11 Å². The highest BCUT2D eigenvalue weighted by Gasteiger charge is 2.16. The van der Waals surface area contributed by atoms with Gasteiger partial charge in [0.2, 0.25) is 0 Å². The second-order valence-electron chi connectivity index (χ2n) is 6.67. The standard InChI is InChI=1S/C17H29NO3/c1-13(2)11-21-16-9-14(7-8-15(16)20-6)10-18(5)12-17(3,4)19/h7-9,13,19H,10-12H2,1-6H3. The molecule has 0 aliphatic heterocycles. The predicted molar refractivity (Wildman–Crippen MR) is 86.0 cm³/mol. The van der Waals surface area contributed by atoms with Gasteiger partial charge in [-0.2, -0.15) is 0 Å². The van der Waals surface area contributed by atoms with E-state index < -0.39 is 5.60 Å². The van der Waals surface area contributed by atoms with Crippen LogP contribution in [0.5, 0.6) is 11.5 Å². The second kappa shape index (κ2) is 7.66. The van der Waals surface area contributed by atoms with E-state index in [0.717, 1.165) is 23.6 Å². The van der Waals surface area contributed by atoms with Gasteiger partial charge >= 0.3 is 0 Å².